The zero-order chi connectivity index (χ0) is 18.9. The predicted octanol–water partition coefficient (Wildman–Crippen LogP) is 3.31. The molecule has 7 heteroatoms. The lowest BCUT2D eigenvalue weighted by Crippen LogP contribution is -2.29. The summed E-state index contributed by atoms with van der Waals surface area (Å²) < 4.78 is 6.52. The number of carbonyl (C=O) groups is 2. The number of aryl methyl sites for hydroxylation is 1. The second-order valence-electron chi connectivity index (χ2n) is 5.68. The second-order valence-corrected chi connectivity index (χ2v) is 6.04. The van der Waals surface area contributed by atoms with Gasteiger partial charge >= 0.3 is 5.97 Å². The number of benzene rings is 1. The summed E-state index contributed by atoms with van der Waals surface area (Å²) >= 11 is 6.38. The Labute approximate surface area is 157 Å². The van der Waals surface area contributed by atoms with E-state index >= 15 is 0 Å². The number of halogens is 1. The first kappa shape index (κ1) is 19.7. The maximum Gasteiger partial charge on any atom is 0.331 e. The molecule has 0 aliphatic heterocycles. The van der Waals surface area contributed by atoms with Crippen molar-refractivity contribution in [2.75, 3.05) is 13.2 Å². The fourth-order valence-corrected chi connectivity index (χ4v) is 2.57. The normalized spacial score (nSPS) is 10.9. The van der Waals surface area contributed by atoms with Gasteiger partial charge in [-0.2, -0.15) is 5.10 Å². The van der Waals surface area contributed by atoms with Crippen LogP contribution in [0.25, 0.3) is 11.8 Å². The molecule has 1 heterocycles. The van der Waals surface area contributed by atoms with Gasteiger partial charge in [-0.05, 0) is 31.6 Å². The molecule has 1 aromatic heterocycles. The van der Waals surface area contributed by atoms with Gasteiger partial charge in [-0.3, -0.25) is 4.79 Å². The molecule has 1 aromatic carbocycles. The number of aromatic nitrogens is 2. The van der Waals surface area contributed by atoms with Gasteiger partial charge in [0.25, 0.3) is 5.91 Å². The van der Waals surface area contributed by atoms with Gasteiger partial charge < -0.3 is 10.1 Å². The Morgan fingerprint density at radius 1 is 1.31 bits per heavy atom. The molecular formula is C19H22ClN3O3. The lowest BCUT2D eigenvalue weighted by atomic mass is 10.2. The molecule has 0 saturated carbocycles. The minimum Gasteiger partial charge on any atom is -0.452 e. The average Bonchev–Trinajstić information content (AvgIpc) is 2.93. The molecule has 0 aliphatic carbocycles. The Morgan fingerprint density at radius 3 is 2.73 bits per heavy atom. The lowest BCUT2D eigenvalue weighted by molar-refractivity contribution is -0.143. The zero-order valence-corrected chi connectivity index (χ0v) is 15.6. The van der Waals surface area contributed by atoms with Crippen molar-refractivity contribution in [1.29, 1.82) is 0 Å². The summed E-state index contributed by atoms with van der Waals surface area (Å²) in [4.78, 5) is 23.3. The minimum atomic E-state index is -0.612. The van der Waals surface area contributed by atoms with Crippen molar-refractivity contribution >= 4 is 29.6 Å². The Bertz CT molecular complexity index is 785. The third-order valence-electron chi connectivity index (χ3n) is 3.63. The van der Waals surface area contributed by atoms with Gasteiger partial charge in [-0.25, -0.2) is 9.48 Å². The summed E-state index contributed by atoms with van der Waals surface area (Å²) in [5.74, 6) is -0.926. The largest absolute Gasteiger partial charge is 0.452 e. The number of hydrogen-bond acceptors (Lipinski definition) is 4. The van der Waals surface area contributed by atoms with Crippen molar-refractivity contribution in [3.8, 4) is 5.69 Å². The molecule has 0 aliphatic rings. The van der Waals surface area contributed by atoms with Crippen LogP contribution in [0.3, 0.4) is 0 Å². The maximum absolute atomic E-state index is 11.8. The zero-order valence-electron chi connectivity index (χ0n) is 14.9. The highest BCUT2D eigenvalue weighted by Crippen LogP contribution is 2.24. The summed E-state index contributed by atoms with van der Waals surface area (Å²) in [6.45, 7) is 4.11. The van der Waals surface area contributed by atoms with Crippen LogP contribution in [0.4, 0.5) is 0 Å². The van der Waals surface area contributed by atoms with Gasteiger partial charge in [-0.15, -0.1) is 0 Å². The number of nitrogens with zero attached hydrogens (tertiary/aromatic N) is 2. The Kier molecular flexibility index (Phi) is 7.41. The molecule has 0 unspecified atom stereocenters. The van der Waals surface area contributed by atoms with Gasteiger partial charge in [0, 0.05) is 18.2 Å². The summed E-state index contributed by atoms with van der Waals surface area (Å²) in [6, 6.07) is 9.46. The SMILES string of the molecule is CCCCNC(=O)COC(=O)/C=C/c1c(C)nn(-c2ccccc2)c1Cl. The van der Waals surface area contributed by atoms with E-state index in [-0.39, 0.29) is 12.5 Å². The van der Waals surface area contributed by atoms with Crippen LogP contribution in [0.5, 0.6) is 0 Å². The molecule has 0 bridgehead atoms. The van der Waals surface area contributed by atoms with Crippen molar-refractivity contribution in [3.05, 3.63) is 52.8 Å². The molecule has 0 fully saturated rings. The van der Waals surface area contributed by atoms with E-state index in [4.69, 9.17) is 16.3 Å². The first-order valence-corrected chi connectivity index (χ1v) is 8.82. The van der Waals surface area contributed by atoms with Crippen molar-refractivity contribution in [3.63, 3.8) is 0 Å². The van der Waals surface area contributed by atoms with Crippen LogP contribution in [0.2, 0.25) is 5.15 Å². The Morgan fingerprint density at radius 2 is 2.04 bits per heavy atom. The molecule has 0 radical (unpaired) electrons. The molecule has 2 rings (SSSR count). The summed E-state index contributed by atoms with van der Waals surface area (Å²) in [5, 5.41) is 7.47. The molecule has 6 nitrogen and oxygen atoms in total. The first-order chi connectivity index (χ1) is 12.5. The highest BCUT2D eigenvalue weighted by Gasteiger charge is 2.13. The number of unbranched alkanes of at least 4 members (excludes halogenated alkanes) is 1. The number of ether oxygens (including phenoxy) is 1. The van der Waals surface area contributed by atoms with Crippen molar-refractivity contribution in [2.24, 2.45) is 0 Å². The standard InChI is InChI=1S/C19H22ClN3O3/c1-3-4-12-21-17(24)13-26-18(25)11-10-16-14(2)22-23(19(16)20)15-8-6-5-7-9-15/h5-11H,3-4,12-13H2,1-2H3,(H,21,24)/b11-10+. The van der Waals surface area contributed by atoms with E-state index < -0.39 is 5.97 Å². The number of nitrogens with one attached hydrogen (secondary N) is 1. The van der Waals surface area contributed by atoms with Crippen LogP contribution < -0.4 is 5.32 Å². The van der Waals surface area contributed by atoms with Crippen LogP contribution in [0, 0.1) is 6.92 Å². The monoisotopic (exact) mass is 375 g/mol. The van der Waals surface area contributed by atoms with E-state index in [1.54, 1.807) is 17.7 Å². The summed E-state index contributed by atoms with van der Waals surface area (Å²) in [7, 11) is 0. The Balaban J connectivity index is 1.97. The third kappa shape index (κ3) is 5.46. The molecule has 1 N–H and O–H groups in total. The predicted molar refractivity (Wildman–Crippen MR) is 101 cm³/mol. The van der Waals surface area contributed by atoms with Crippen molar-refractivity contribution < 1.29 is 14.3 Å². The summed E-state index contributed by atoms with van der Waals surface area (Å²) in [5.41, 5.74) is 2.13. The molecule has 138 valence electrons. The Hall–Kier alpha value is -2.60. The number of esters is 1. The maximum atomic E-state index is 11.8. The molecule has 0 atom stereocenters. The molecular weight excluding hydrogens is 354 g/mol. The minimum absolute atomic E-state index is 0.303. The van der Waals surface area contributed by atoms with E-state index in [0.29, 0.717) is 23.0 Å². The number of hydrogen-bond donors (Lipinski definition) is 1. The highest BCUT2D eigenvalue weighted by molar-refractivity contribution is 6.31. The molecule has 0 spiro atoms. The fraction of sp³-hybridized carbons (Fsp3) is 0.316. The first-order valence-electron chi connectivity index (χ1n) is 8.45. The number of para-hydroxylation sites is 1. The van der Waals surface area contributed by atoms with E-state index in [9.17, 15) is 9.59 Å². The van der Waals surface area contributed by atoms with Crippen LogP contribution in [0.1, 0.15) is 31.0 Å². The third-order valence-corrected chi connectivity index (χ3v) is 4.00. The van der Waals surface area contributed by atoms with Crippen LogP contribution in [-0.4, -0.2) is 34.8 Å². The van der Waals surface area contributed by atoms with Gasteiger partial charge in [0.15, 0.2) is 6.61 Å². The van der Waals surface area contributed by atoms with E-state index in [0.717, 1.165) is 18.5 Å². The fourth-order valence-electron chi connectivity index (χ4n) is 2.23. The van der Waals surface area contributed by atoms with Gasteiger partial charge in [0.2, 0.25) is 0 Å². The average molecular weight is 376 g/mol. The van der Waals surface area contributed by atoms with Gasteiger partial charge in [0.1, 0.15) is 5.15 Å². The van der Waals surface area contributed by atoms with Crippen LogP contribution in [-0.2, 0) is 14.3 Å². The molecule has 26 heavy (non-hydrogen) atoms. The number of amides is 1. The van der Waals surface area contributed by atoms with Crippen LogP contribution >= 0.6 is 11.6 Å². The van der Waals surface area contributed by atoms with E-state index in [1.807, 2.05) is 37.3 Å². The van der Waals surface area contributed by atoms with Gasteiger partial charge in [0.05, 0.1) is 11.4 Å². The highest BCUT2D eigenvalue weighted by atomic mass is 35.5. The lowest BCUT2D eigenvalue weighted by Gasteiger charge is -2.04. The quantitative estimate of drug-likeness (QED) is 0.436. The van der Waals surface area contributed by atoms with Crippen molar-refractivity contribution in [1.82, 2.24) is 15.1 Å². The van der Waals surface area contributed by atoms with Crippen molar-refractivity contribution in [2.45, 2.75) is 26.7 Å². The molecule has 1 amide bonds. The topological polar surface area (TPSA) is 73.2 Å². The second kappa shape index (κ2) is 9.77. The molecule has 2 aromatic rings. The van der Waals surface area contributed by atoms with Crippen LogP contribution in [0.15, 0.2) is 36.4 Å². The number of rotatable bonds is 8. The molecule has 0 saturated heterocycles. The smallest absolute Gasteiger partial charge is 0.331 e. The van der Waals surface area contributed by atoms with E-state index in [1.165, 1.54) is 6.08 Å². The summed E-state index contributed by atoms with van der Waals surface area (Å²) in [6.07, 6.45) is 4.66. The van der Waals surface area contributed by atoms with E-state index in [2.05, 4.69) is 10.4 Å². The number of carbonyl (C=O) groups excluding carboxylic acids is 2. The van der Waals surface area contributed by atoms with Gasteiger partial charge in [-0.1, -0.05) is 43.1 Å².